The molecule has 0 aliphatic heterocycles. The van der Waals surface area contributed by atoms with Gasteiger partial charge in [-0.1, -0.05) is 43.0 Å². The van der Waals surface area contributed by atoms with E-state index in [0.29, 0.717) is 5.02 Å². The number of benzene rings is 1. The second-order valence-corrected chi connectivity index (χ2v) is 7.00. The first-order chi connectivity index (χ1) is 11.0. The minimum Gasteiger partial charge on any atom is -0.333 e. The summed E-state index contributed by atoms with van der Waals surface area (Å²) in [5.41, 5.74) is 0.461. The van der Waals surface area contributed by atoms with E-state index in [9.17, 15) is 10.1 Å². The number of nitriles is 1. The Morgan fingerprint density at radius 1 is 1.26 bits per heavy atom. The van der Waals surface area contributed by atoms with E-state index in [1.54, 1.807) is 0 Å². The lowest BCUT2D eigenvalue weighted by Crippen LogP contribution is -2.92. The fraction of sp³-hybridized carbons (Fsp3) is 0.556. The Labute approximate surface area is 143 Å². The van der Waals surface area contributed by atoms with Gasteiger partial charge in [0, 0.05) is 10.6 Å². The molecule has 1 aromatic rings. The van der Waals surface area contributed by atoms with Gasteiger partial charge in [0.25, 0.3) is 5.91 Å². The number of quaternary nitrogens is 1. The van der Waals surface area contributed by atoms with Gasteiger partial charge in [0.15, 0.2) is 6.04 Å². The Balaban J connectivity index is 1.94. The smallest absolute Gasteiger partial charge is 0.279 e. The van der Waals surface area contributed by atoms with Gasteiger partial charge in [-0.15, -0.1) is 0 Å². The molecule has 0 spiro atoms. The van der Waals surface area contributed by atoms with Crippen molar-refractivity contribution in [2.45, 2.75) is 63.6 Å². The van der Waals surface area contributed by atoms with Crippen LogP contribution in [0.15, 0.2) is 24.3 Å². The van der Waals surface area contributed by atoms with E-state index in [1.807, 2.05) is 36.5 Å². The first-order valence-electron chi connectivity index (χ1n) is 8.29. The molecule has 124 valence electrons. The molecule has 23 heavy (non-hydrogen) atoms. The molecule has 1 aliphatic carbocycles. The van der Waals surface area contributed by atoms with Crippen molar-refractivity contribution in [2.24, 2.45) is 0 Å². The Bertz CT molecular complexity index is 573. The van der Waals surface area contributed by atoms with Crippen LogP contribution in [-0.4, -0.2) is 17.5 Å². The molecule has 0 bridgehead atoms. The monoisotopic (exact) mass is 334 g/mol. The zero-order valence-corrected chi connectivity index (χ0v) is 14.6. The van der Waals surface area contributed by atoms with Gasteiger partial charge in [-0.25, -0.2) is 0 Å². The van der Waals surface area contributed by atoms with Crippen LogP contribution in [0.3, 0.4) is 0 Å². The van der Waals surface area contributed by atoms with Crippen molar-refractivity contribution < 1.29 is 10.1 Å². The van der Waals surface area contributed by atoms with Crippen LogP contribution in [0.5, 0.6) is 0 Å². The Morgan fingerprint density at radius 2 is 1.87 bits per heavy atom. The van der Waals surface area contributed by atoms with Gasteiger partial charge in [-0.2, -0.15) is 5.26 Å². The minimum atomic E-state index is -0.666. The molecule has 1 aromatic carbocycles. The average Bonchev–Trinajstić information content (AvgIpc) is 2.56. The van der Waals surface area contributed by atoms with Crippen LogP contribution in [0.1, 0.15) is 57.6 Å². The molecule has 0 heterocycles. The summed E-state index contributed by atoms with van der Waals surface area (Å²) in [5, 5.41) is 15.2. The van der Waals surface area contributed by atoms with E-state index in [0.717, 1.165) is 37.7 Å². The van der Waals surface area contributed by atoms with E-state index in [4.69, 9.17) is 11.6 Å². The van der Waals surface area contributed by atoms with E-state index in [-0.39, 0.29) is 18.0 Å². The molecule has 4 nitrogen and oxygen atoms in total. The Kier molecular flexibility index (Phi) is 6.04. The normalized spacial score (nSPS) is 19.4. The summed E-state index contributed by atoms with van der Waals surface area (Å²) in [6, 6.07) is 9.92. The standard InChI is InChI=1S/C18H24ClN3O/c1-13(15-6-8-16(19)9-7-15)21-14(2)17(23)22-18(12-20)10-4-3-5-11-18/h6-9,13-14,21H,3-5,10-11H2,1-2H3,(H,22,23)/p+1/t13-,14+/m1/s1. The molecule has 3 N–H and O–H groups in total. The molecule has 1 aliphatic rings. The molecule has 0 saturated heterocycles. The van der Waals surface area contributed by atoms with Gasteiger partial charge in [0.05, 0.1) is 6.07 Å². The van der Waals surface area contributed by atoms with Crippen molar-refractivity contribution in [3.63, 3.8) is 0 Å². The maximum Gasteiger partial charge on any atom is 0.279 e. The number of halogens is 1. The van der Waals surface area contributed by atoms with Crippen molar-refractivity contribution >= 4 is 17.5 Å². The third-order valence-corrected chi connectivity index (χ3v) is 4.92. The van der Waals surface area contributed by atoms with E-state index < -0.39 is 5.54 Å². The molecule has 1 fully saturated rings. The van der Waals surface area contributed by atoms with Crippen LogP contribution in [0.4, 0.5) is 0 Å². The SMILES string of the molecule is C[C@H]([NH2+][C@H](C)c1ccc(Cl)cc1)C(=O)NC1(C#N)CCCCC1. The minimum absolute atomic E-state index is 0.0609. The summed E-state index contributed by atoms with van der Waals surface area (Å²) in [6.07, 6.45) is 4.68. The van der Waals surface area contributed by atoms with Crippen molar-refractivity contribution in [1.29, 1.82) is 5.26 Å². The van der Waals surface area contributed by atoms with Crippen LogP contribution in [0, 0.1) is 11.3 Å². The fourth-order valence-corrected chi connectivity index (χ4v) is 3.29. The molecular formula is C18H25ClN3O+. The summed E-state index contributed by atoms with van der Waals surface area (Å²) < 4.78 is 0. The molecule has 0 radical (unpaired) electrons. The van der Waals surface area contributed by atoms with Gasteiger partial charge in [-0.3, -0.25) is 4.79 Å². The van der Waals surface area contributed by atoms with Gasteiger partial charge < -0.3 is 10.6 Å². The van der Waals surface area contributed by atoms with Crippen molar-refractivity contribution in [3.05, 3.63) is 34.9 Å². The van der Waals surface area contributed by atoms with E-state index >= 15 is 0 Å². The first kappa shape index (κ1) is 17.8. The van der Waals surface area contributed by atoms with Crippen molar-refractivity contribution in [2.75, 3.05) is 0 Å². The Hall–Kier alpha value is -1.57. The highest BCUT2D eigenvalue weighted by Crippen LogP contribution is 2.27. The highest BCUT2D eigenvalue weighted by atomic mass is 35.5. The molecule has 1 saturated carbocycles. The first-order valence-corrected chi connectivity index (χ1v) is 8.67. The number of nitrogens with zero attached hydrogens (tertiary/aromatic N) is 1. The van der Waals surface area contributed by atoms with E-state index in [1.165, 1.54) is 0 Å². The zero-order chi connectivity index (χ0) is 16.9. The average molecular weight is 335 g/mol. The molecule has 2 atom stereocenters. The third kappa shape index (κ3) is 4.70. The van der Waals surface area contributed by atoms with E-state index in [2.05, 4.69) is 18.3 Å². The topological polar surface area (TPSA) is 69.5 Å². The number of nitrogens with one attached hydrogen (secondary N) is 1. The molecule has 2 rings (SSSR count). The van der Waals surface area contributed by atoms with Gasteiger partial charge in [0.1, 0.15) is 11.6 Å². The van der Waals surface area contributed by atoms with Crippen molar-refractivity contribution in [1.82, 2.24) is 5.32 Å². The highest BCUT2D eigenvalue weighted by Gasteiger charge is 2.35. The number of amides is 1. The summed E-state index contributed by atoms with van der Waals surface area (Å²) in [6.45, 7) is 3.95. The van der Waals surface area contributed by atoms with Gasteiger partial charge >= 0.3 is 0 Å². The lowest BCUT2D eigenvalue weighted by atomic mass is 9.82. The fourth-order valence-electron chi connectivity index (χ4n) is 3.17. The van der Waals surface area contributed by atoms with Gasteiger partial charge in [-0.05, 0) is 38.8 Å². The number of rotatable bonds is 5. The van der Waals surface area contributed by atoms with Crippen LogP contribution in [0.25, 0.3) is 0 Å². The van der Waals surface area contributed by atoms with Crippen molar-refractivity contribution in [3.8, 4) is 6.07 Å². The molecule has 0 aromatic heterocycles. The summed E-state index contributed by atoms with van der Waals surface area (Å²) in [7, 11) is 0. The molecule has 0 unspecified atom stereocenters. The van der Waals surface area contributed by atoms with Crippen LogP contribution in [0.2, 0.25) is 5.02 Å². The number of hydrogen-bond acceptors (Lipinski definition) is 2. The number of nitrogens with two attached hydrogens (primary N) is 1. The Morgan fingerprint density at radius 3 is 2.43 bits per heavy atom. The molecule has 5 heteroatoms. The largest absolute Gasteiger partial charge is 0.333 e. The maximum absolute atomic E-state index is 12.5. The summed E-state index contributed by atoms with van der Waals surface area (Å²) in [4.78, 5) is 12.5. The molecular weight excluding hydrogens is 310 g/mol. The maximum atomic E-state index is 12.5. The van der Waals surface area contributed by atoms with Crippen LogP contribution >= 0.6 is 11.6 Å². The van der Waals surface area contributed by atoms with Gasteiger partial charge in [0.2, 0.25) is 0 Å². The predicted octanol–water partition coefficient (Wildman–Crippen LogP) is 2.70. The summed E-state index contributed by atoms with van der Waals surface area (Å²) >= 11 is 5.91. The molecule has 1 amide bonds. The second kappa shape index (κ2) is 7.81. The third-order valence-electron chi connectivity index (χ3n) is 4.67. The lowest BCUT2D eigenvalue weighted by molar-refractivity contribution is -0.710. The highest BCUT2D eigenvalue weighted by molar-refractivity contribution is 6.30. The lowest BCUT2D eigenvalue weighted by Gasteiger charge is -2.32. The van der Waals surface area contributed by atoms with Crippen LogP contribution in [-0.2, 0) is 4.79 Å². The number of carbonyl (C=O) groups excluding carboxylic acids is 1. The zero-order valence-electron chi connectivity index (χ0n) is 13.8. The number of carbonyl (C=O) groups is 1. The quantitative estimate of drug-likeness (QED) is 0.869. The van der Waals surface area contributed by atoms with Crippen LogP contribution < -0.4 is 10.6 Å². The second-order valence-electron chi connectivity index (χ2n) is 6.57. The predicted molar refractivity (Wildman–Crippen MR) is 90.8 cm³/mol. The number of hydrogen-bond donors (Lipinski definition) is 2. The summed E-state index contributed by atoms with van der Waals surface area (Å²) in [5.74, 6) is -0.0609.